The lowest BCUT2D eigenvalue weighted by molar-refractivity contribution is -0.118. The molecule has 1 aromatic carbocycles. The van der Waals surface area contributed by atoms with Gasteiger partial charge in [-0.15, -0.1) is 0 Å². The van der Waals surface area contributed by atoms with Gasteiger partial charge >= 0.3 is 0 Å². The molecular weight excluding hydrogens is 190 g/mol. The number of carbonyl (C=O) groups is 1. The summed E-state index contributed by atoms with van der Waals surface area (Å²) in [6.07, 6.45) is 0.784. The van der Waals surface area contributed by atoms with Gasteiger partial charge in [0.15, 0.2) is 0 Å². The van der Waals surface area contributed by atoms with Crippen molar-refractivity contribution in [3.05, 3.63) is 29.3 Å². The summed E-state index contributed by atoms with van der Waals surface area (Å²) in [5.41, 5.74) is 2.75. The number of fused-ring (bicyclic) bond motifs is 2. The minimum atomic E-state index is -0.407. The van der Waals surface area contributed by atoms with Crippen LogP contribution in [0.2, 0.25) is 0 Å². The van der Waals surface area contributed by atoms with Gasteiger partial charge in [-0.2, -0.15) is 0 Å². The number of hydrogen-bond acceptors (Lipinski definition) is 2. The molecule has 0 bridgehead atoms. The minimum Gasteiger partial charge on any atom is -0.396 e. The van der Waals surface area contributed by atoms with E-state index in [0.29, 0.717) is 0 Å². The summed E-state index contributed by atoms with van der Waals surface area (Å²) in [7, 11) is 0. The lowest BCUT2D eigenvalue weighted by atomic mass is 9.94. The summed E-state index contributed by atoms with van der Waals surface area (Å²) in [5.74, 6) is 0.169. The van der Waals surface area contributed by atoms with Crippen molar-refractivity contribution in [1.82, 2.24) is 0 Å². The number of anilines is 1. The molecule has 1 spiro atoms. The zero-order chi connectivity index (χ0) is 10.6. The summed E-state index contributed by atoms with van der Waals surface area (Å²) >= 11 is 0. The molecule has 2 atom stereocenters. The number of carbonyl (C=O) groups excluding carboxylic acids is 1. The van der Waals surface area contributed by atoms with Crippen molar-refractivity contribution in [2.24, 2.45) is 5.92 Å². The Labute approximate surface area is 88.1 Å². The zero-order valence-corrected chi connectivity index (χ0v) is 8.58. The van der Waals surface area contributed by atoms with E-state index < -0.39 is 5.41 Å². The van der Waals surface area contributed by atoms with Crippen LogP contribution < -0.4 is 5.32 Å². The minimum absolute atomic E-state index is 0.0575. The van der Waals surface area contributed by atoms with Crippen molar-refractivity contribution in [2.75, 3.05) is 11.9 Å². The topological polar surface area (TPSA) is 49.3 Å². The van der Waals surface area contributed by atoms with E-state index in [1.165, 1.54) is 0 Å². The third kappa shape index (κ3) is 0.960. The average Bonchev–Trinajstić information content (AvgIpc) is 2.89. The highest BCUT2D eigenvalue weighted by Crippen LogP contribution is 2.59. The first-order chi connectivity index (χ1) is 7.18. The van der Waals surface area contributed by atoms with E-state index >= 15 is 0 Å². The maximum Gasteiger partial charge on any atom is 0.235 e. The van der Waals surface area contributed by atoms with E-state index in [9.17, 15) is 4.79 Å². The SMILES string of the molecule is Cc1ccc2c(c1)[C@]1(C[C@@H]1CO)C(=O)N2. The first-order valence-corrected chi connectivity index (χ1v) is 5.22. The quantitative estimate of drug-likeness (QED) is 0.720. The number of aliphatic hydroxyl groups excluding tert-OH is 1. The standard InChI is InChI=1S/C12H13NO2/c1-7-2-3-10-9(4-7)12(11(15)13-10)5-8(12)6-14/h2-4,8,14H,5-6H2,1H3,(H,13,15)/t8-,12-/m1/s1. The van der Waals surface area contributed by atoms with Crippen LogP contribution in [-0.2, 0) is 10.2 Å². The van der Waals surface area contributed by atoms with E-state index in [0.717, 1.165) is 23.2 Å². The van der Waals surface area contributed by atoms with Crippen molar-refractivity contribution in [2.45, 2.75) is 18.8 Å². The molecule has 78 valence electrons. The fourth-order valence-electron chi connectivity index (χ4n) is 2.65. The third-order valence-corrected chi connectivity index (χ3v) is 3.63. The van der Waals surface area contributed by atoms with Gasteiger partial charge in [0.1, 0.15) is 0 Å². The number of aliphatic hydroxyl groups is 1. The second-order valence-electron chi connectivity index (χ2n) is 4.56. The Morgan fingerprint density at radius 3 is 3.07 bits per heavy atom. The van der Waals surface area contributed by atoms with Crippen LogP contribution in [0.1, 0.15) is 17.5 Å². The van der Waals surface area contributed by atoms with Gasteiger partial charge in [0.25, 0.3) is 0 Å². The van der Waals surface area contributed by atoms with Crippen molar-refractivity contribution in [3.63, 3.8) is 0 Å². The summed E-state index contributed by atoms with van der Waals surface area (Å²) in [6, 6.07) is 6.00. The van der Waals surface area contributed by atoms with E-state index in [2.05, 4.69) is 11.4 Å². The summed E-state index contributed by atoms with van der Waals surface area (Å²) < 4.78 is 0. The molecule has 0 radical (unpaired) electrons. The molecule has 1 amide bonds. The number of nitrogens with one attached hydrogen (secondary N) is 1. The first kappa shape index (κ1) is 8.92. The highest BCUT2D eigenvalue weighted by Gasteiger charge is 2.64. The van der Waals surface area contributed by atoms with Crippen LogP contribution in [0.4, 0.5) is 5.69 Å². The molecule has 1 aliphatic carbocycles. The van der Waals surface area contributed by atoms with Crippen LogP contribution in [0, 0.1) is 12.8 Å². The molecule has 0 unspecified atom stereocenters. The van der Waals surface area contributed by atoms with E-state index in [1.54, 1.807) is 0 Å². The van der Waals surface area contributed by atoms with Crippen LogP contribution in [0.5, 0.6) is 0 Å². The fraction of sp³-hybridized carbons (Fsp3) is 0.417. The Kier molecular flexibility index (Phi) is 1.55. The molecule has 1 heterocycles. The second-order valence-corrected chi connectivity index (χ2v) is 4.56. The number of aryl methyl sites for hydroxylation is 1. The Hall–Kier alpha value is -1.35. The first-order valence-electron chi connectivity index (χ1n) is 5.22. The molecule has 1 aromatic rings. The molecule has 15 heavy (non-hydrogen) atoms. The van der Waals surface area contributed by atoms with Crippen LogP contribution in [0.25, 0.3) is 0 Å². The van der Waals surface area contributed by atoms with Crippen LogP contribution in [-0.4, -0.2) is 17.6 Å². The average molecular weight is 203 g/mol. The Bertz CT molecular complexity index is 455. The van der Waals surface area contributed by atoms with Crippen LogP contribution in [0.3, 0.4) is 0 Å². The Morgan fingerprint density at radius 1 is 1.60 bits per heavy atom. The van der Waals surface area contributed by atoms with Crippen molar-refractivity contribution in [3.8, 4) is 0 Å². The van der Waals surface area contributed by atoms with Crippen molar-refractivity contribution < 1.29 is 9.90 Å². The van der Waals surface area contributed by atoms with E-state index in [1.807, 2.05) is 19.1 Å². The fourth-order valence-corrected chi connectivity index (χ4v) is 2.65. The highest BCUT2D eigenvalue weighted by molar-refractivity contribution is 6.08. The van der Waals surface area contributed by atoms with Gasteiger partial charge in [-0.1, -0.05) is 17.7 Å². The maximum absolute atomic E-state index is 11.9. The third-order valence-electron chi connectivity index (χ3n) is 3.63. The summed E-state index contributed by atoms with van der Waals surface area (Å²) in [4.78, 5) is 11.9. The molecule has 1 fully saturated rings. The van der Waals surface area contributed by atoms with Crippen LogP contribution >= 0.6 is 0 Å². The maximum atomic E-state index is 11.9. The smallest absolute Gasteiger partial charge is 0.235 e. The van der Waals surface area contributed by atoms with E-state index in [4.69, 9.17) is 5.11 Å². The van der Waals surface area contributed by atoms with Crippen LogP contribution in [0.15, 0.2) is 18.2 Å². The molecule has 0 aromatic heterocycles. The summed E-state index contributed by atoms with van der Waals surface area (Å²) in [5, 5.41) is 12.1. The Balaban J connectivity index is 2.14. The number of hydrogen-bond donors (Lipinski definition) is 2. The lowest BCUT2D eigenvalue weighted by Crippen LogP contribution is -2.22. The van der Waals surface area contributed by atoms with Crippen molar-refractivity contribution >= 4 is 11.6 Å². The van der Waals surface area contributed by atoms with Gasteiger partial charge in [-0.25, -0.2) is 0 Å². The normalized spacial score (nSPS) is 31.6. The number of benzene rings is 1. The highest BCUT2D eigenvalue weighted by atomic mass is 16.3. The summed E-state index contributed by atoms with van der Waals surface area (Å²) in [6.45, 7) is 2.12. The lowest BCUT2D eigenvalue weighted by Gasteiger charge is -2.07. The largest absolute Gasteiger partial charge is 0.396 e. The van der Waals surface area contributed by atoms with E-state index in [-0.39, 0.29) is 18.4 Å². The molecule has 3 heteroatoms. The van der Waals surface area contributed by atoms with Gasteiger partial charge in [0.05, 0.1) is 5.41 Å². The molecular formula is C12H13NO2. The second kappa shape index (κ2) is 2.61. The molecule has 1 aliphatic heterocycles. The van der Waals surface area contributed by atoms with Gasteiger partial charge < -0.3 is 10.4 Å². The zero-order valence-electron chi connectivity index (χ0n) is 8.58. The molecule has 3 nitrogen and oxygen atoms in total. The van der Waals surface area contributed by atoms with Gasteiger partial charge in [0, 0.05) is 18.2 Å². The van der Waals surface area contributed by atoms with Gasteiger partial charge in [-0.3, -0.25) is 4.79 Å². The number of amides is 1. The number of rotatable bonds is 1. The predicted octanol–water partition coefficient (Wildman–Crippen LogP) is 1.20. The Morgan fingerprint density at radius 2 is 2.40 bits per heavy atom. The van der Waals surface area contributed by atoms with Gasteiger partial charge in [0.2, 0.25) is 5.91 Å². The molecule has 2 aliphatic rings. The predicted molar refractivity (Wildman–Crippen MR) is 56.7 cm³/mol. The van der Waals surface area contributed by atoms with Gasteiger partial charge in [-0.05, 0) is 25.0 Å². The molecule has 3 rings (SSSR count). The molecule has 2 N–H and O–H groups in total. The monoisotopic (exact) mass is 203 g/mol. The van der Waals surface area contributed by atoms with Crippen molar-refractivity contribution in [1.29, 1.82) is 0 Å². The molecule has 0 saturated heterocycles. The molecule has 1 saturated carbocycles.